The van der Waals surface area contributed by atoms with Gasteiger partial charge in [-0.05, 0) is 38.3 Å². The fraction of sp³-hybridized carbons (Fsp3) is 0.750. The summed E-state index contributed by atoms with van der Waals surface area (Å²) in [5, 5.41) is 13.4. The topological polar surface area (TPSA) is 70.2 Å². The van der Waals surface area contributed by atoms with Crippen molar-refractivity contribution in [1.29, 1.82) is 0 Å². The molecule has 7 heteroatoms. The first kappa shape index (κ1) is 14.2. The normalized spacial score (nSPS) is 20.2. The Kier molecular flexibility index (Phi) is 5.53. The van der Waals surface area contributed by atoms with E-state index in [-0.39, 0.29) is 6.03 Å². The molecule has 0 aliphatic carbocycles. The molecular weight excluding hydrogens is 262 g/mol. The van der Waals surface area contributed by atoms with Crippen LogP contribution in [0, 0.1) is 5.92 Å². The van der Waals surface area contributed by atoms with Gasteiger partial charge in [-0.2, -0.15) is 0 Å². The standard InChI is InChI=1S/C12H21N5OS/c1-10-4-2-6-17(8-10)7-3-5-13-11(18)15-12-16-14-9-19-12/h9-10H,2-8H2,1H3,(H2,13,15,16,18)/t10-/m1/s1. The molecule has 1 atom stereocenters. The van der Waals surface area contributed by atoms with E-state index in [0.29, 0.717) is 11.7 Å². The smallest absolute Gasteiger partial charge is 0.321 e. The fourth-order valence-electron chi connectivity index (χ4n) is 2.36. The Morgan fingerprint density at radius 1 is 1.63 bits per heavy atom. The maximum atomic E-state index is 11.5. The predicted octanol–water partition coefficient (Wildman–Crippen LogP) is 1.78. The summed E-state index contributed by atoms with van der Waals surface area (Å²) < 4.78 is 0. The minimum Gasteiger partial charge on any atom is -0.338 e. The van der Waals surface area contributed by atoms with Crippen molar-refractivity contribution in [2.45, 2.75) is 26.2 Å². The molecule has 106 valence electrons. The van der Waals surface area contributed by atoms with Gasteiger partial charge in [0.2, 0.25) is 5.13 Å². The average Bonchev–Trinajstić information content (AvgIpc) is 2.87. The lowest BCUT2D eigenvalue weighted by atomic mass is 10.0. The summed E-state index contributed by atoms with van der Waals surface area (Å²) in [6.45, 7) is 6.44. The zero-order valence-electron chi connectivity index (χ0n) is 11.3. The highest BCUT2D eigenvalue weighted by atomic mass is 32.1. The van der Waals surface area contributed by atoms with Gasteiger partial charge in [0.15, 0.2) is 0 Å². The van der Waals surface area contributed by atoms with Crippen molar-refractivity contribution in [2.24, 2.45) is 5.92 Å². The second-order valence-corrected chi connectivity index (χ2v) is 5.86. The molecule has 19 heavy (non-hydrogen) atoms. The summed E-state index contributed by atoms with van der Waals surface area (Å²) in [6, 6.07) is -0.205. The van der Waals surface area contributed by atoms with Crippen LogP contribution in [-0.2, 0) is 0 Å². The van der Waals surface area contributed by atoms with Gasteiger partial charge in [-0.15, -0.1) is 10.2 Å². The maximum Gasteiger partial charge on any atom is 0.321 e. The molecule has 0 radical (unpaired) electrons. The zero-order chi connectivity index (χ0) is 13.5. The maximum absolute atomic E-state index is 11.5. The Labute approximate surface area is 117 Å². The van der Waals surface area contributed by atoms with Gasteiger partial charge in [-0.25, -0.2) is 4.79 Å². The minimum absolute atomic E-state index is 0.205. The van der Waals surface area contributed by atoms with Crippen molar-refractivity contribution in [3.63, 3.8) is 0 Å². The van der Waals surface area contributed by atoms with E-state index in [1.54, 1.807) is 5.51 Å². The number of amides is 2. The van der Waals surface area contributed by atoms with Gasteiger partial charge in [0.25, 0.3) is 0 Å². The molecule has 0 bridgehead atoms. The monoisotopic (exact) mass is 283 g/mol. The second-order valence-electron chi connectivity index (χ2n) is 5.03. The van der Waals surface area contributed by atoms with Gasteiger partial charge in [0, 0.05) is 13.1 Å². The molecule has 1 saturated heterocycles. The Balaban J connectivity index is 1.55. The Hall–Kier alpha value is -1.21. The van der Waals surface area contributed by atoms with Crippen LogP contribution in [0.1, 0.15) is 26.2 Å². The number of nitrogens with one attached hydrogen (secondary N) is 2. The van der Waals surface area contributed by atoms with Crippen LogP contribution in [0.25, 0.3) is 0 Å². The van der Waals surface area contributed by atoms with E-state index in [9.17, 15) is 4.79 Å². The van der Waals surface area contributed by atoms with Crippen molar-refractivity contribution in [2.75, 3.05) is 31.5 Å². The van der Waals surface area contributed by atoms with Crippen LogP contribution in [0.2, 0.25) is 0 Å². The molecule has 2 heterocycles. The Morgan fingerprint density at radius 2 is 2.53 bits per heavy atom. The molecule has 0 unspecified atom stereocenters. The molecular formula is C12H21N5OS. The molecule has 0 aromatic carbocycles. The number of carbonyl (C=O) groups is 1. The van der Waals surface area contributed by atoms with Gasteiger partial charge in [0.05, 0.1) is 0 Å². The molecule has 0 saturated carbocycles. The number of aromatic nitrogens is 2. The zero-order valence-corrected chi connectivity index (χ0v) is 12.1. The summed E-state index contributed by atoms with van der Waals surface area (Å²) in [5.74, 6) is 0.808. The van der Waals surface area contributed by atoms with Crippen molar-refractivity contribution >= 4 is 22.5 Å². The number of anilines is 1. The van der Waals surface area contributed by atoms with E-state index in [1.165, 1.54) is 37.3 Å². The number of carbonyl (C=O) groups excluding carboxylic acids is 1. The first-order valence-electron chi connectivity index (χ1n) is 6.77. The van der Waals surface area contributed by atoms with E-state index in [0.717, 1.165) is 18.9 Å². The third-order valence-electron chi connectivity index (χ3n) is 3.26. The molecule has 1 aliphatic heterocycles. The Bertz CT molecular complexity index is 383. The van der Waals surface area contributed by atoms with Crippen LogP contribution in [-0.4, -0.2) is 47.3 Å². The summed E-state index contributed by atoms with van der Waals surface area (Å²) in [7, 11) is 0. The van der Waals surface area contributed by atoms with Crippen molar-refractivity contribution in [3.8, 4) is 0 Å². The largest absolute Gasteiger partial charge is 0.338 e. The van der Waals surface area contributed by atoms with Gasteiger partial charge < -0.3 is 10.2 Å². The summed E-state index contributed by atoms with van der Waals surface area (Å²) in [5.41, 5.74) is 1.59. The number of nitrogens with zero attached hydrogens (tertiary/aromatic N) is 3. The van der Waals surface area contributed by atoms with Crippen molar-refractivity contribution in [3.05, 3.63) is 5.51 Å². The SMILES string of the molecule is C[C@@H]1CCCN(CCCNC(=O)Nc2nncs2)C1. The van der Waals surface area contributed by atoms with Crippen LogP contribution in [0.15, 0.2) is 5.51 Å². The number of rotatable bonds is 5. The van der Waals surface area contributed by atoms with Gasteiger partial charge in [-0.3, -0.25) is 5.32 Å². The molecule has 1 fully saturated rings. The highest BCUT2D eigenvalue weighted by molar-refractivity contribution is 7.13. The number of likely N-dealkylation sites (tertiary alicyclic amines) is 1. The van der Waals surface area contributed by atoms with E-state index in [1.807, 2.05) is 0 Å². The van der Waals surface area contributed by atoms with Gasteiger partial charge in [-0.1, -0.05) is 18.3 Å². The number of urea groups is 1. The second kappa shape index (κ2) is 7.40. The highest BCUT2D eigenvalue weighted by Crippen LogP contribution is 2.15. The van der Waals surface area contributed by atoms with Crippen LogP contribution in [0.4, 0.5) is 9.93 Å². The lowest BCUT2D eigenvalue weighted by Crippen LogP contribution is -2.37. The number of hydrogen-bond acceptors (Lipinski definition) is 5. The van der Waals surface area contributed by atoms with Crippen LogP contribution < -0.4 is 10.6 Å². The summed E-state index contributed by atoms with van der Waals surface area (Å²) >= 11 is 1.31. The predicted molar refractivity (Wildman–Crippen MR) is 76.4 cm³/mol. The molecule has 0 spiro atoms. The first-order valence-corrected chi connectivity index (χ1v) is 7.65. The molecule has 1 aromatic heterocycles. The van der Waals surface area contributed by atoms with Crippen molar-refractivity contribution in [1.82, 2.24) is 20.4 Å². The van der Waals surface area contributed by atoms with Crippen LogP contribution >= 0.6 is 11.3 Å². The minimum atomic E-state index is -0.205. The number of hydrogen-bond donors (Lipinski definition) is 2. The molecule has 6 nitrogen and oxygen atoms in total. The Morgan fingerprint density at radius 3 is 3.26 bits per heavy atom. The average molecular weight is 283 g/mol. The molecule has 1 aliphatic rings. The first-order chi connectivity index (χ1) is 9.24. The molecule has 1 aromatic rings. The molecule has 2 amide bonds. The van der Waals surface area contributed by atoms with Gasteiger partial charge in [0.1, 0.15) is 5.51 Å². The highest BCUT2D eigenvalue weighted by Gasteiger charge is 2.15. The summed E-state index contributed by atoms with van der Waals surface area (Å²) in [4.78, 5) is 14.0. The molecule has 2 rings (SSSR count). The van der Waals surface area contributed by atoms with Crippen molar-refractivity contribution < 1.29 is 4.79 Å². The van der Waals surface area contributed by atoms with E-state index >= 15 is 0 Å². The van der Waals surface area contributed by atoms with Gasteiger partial charge >= 0.3 is 6.03 Å². The van der Waals surface area contributed by atoms with Crippen LogP contribution in [0.3, 0.4) is 0 Å². The van der Waals surface area contributed by atoms with E-state index in [2.05, 4.69) is 32.7 Å². The third kappa shape index (κ3) is 5.12. The number of piperidine rings is 1. The lowest BCUT2D eigenvalue weighted by molar-refractivity contribution is 0.182. The fourth-order valence-corrected chi connectivity index (χ4v) is 2.80. The van der Waals surface area contributed by atoms with E-state index in [4.69, 9.17) is 0 Å². The third-order valence-corrected chi connectivity index (χ3v) is 3.86. The lowest BCUT2D eigenvalue weighted by Gasteiger charge is -2.30. The van der Waals surface area contributed by atoms with Crippen LogP contribution in [0.5, 0.6) is 0 Å². The quantitative estimate of drug-likeness (QED) is 0.808. The molecule has 2 N–H and O–H groups in total. The summed E-state index contributed by atoms with van der Waals surface area (Å²) in [6.07, 6.45) is 3.63. The van der Waals surface area contributed by atoms with E-state index < -0.39 is 0 Å².